The highest BCUT2D eigenvalue weighted by molar-refractivity contribution is 5.99. The average Bonchev–Trinajstić information content (AvgIpc) is 3.39. The molecule has 0 spiro atoms. The Bertz CT molecular complexity index is 924. The van der Waals surface area contributed by atoms with Crippen LogP contribution >= 0.6 is 0 Å². The number of aliphatic hydroxyl groups excluding tert-OH is 1. The van der Waals surface area contributed by atoms with Crippen molar-refractivity contribution in [3.8, 4) is 11.3 Å². The van der Waals surface area contributed by atoms with E-state index in [1.807, 2.05) is 48.5 Å². The molecule has 0 atom stereocenters. The number of hydrogen-bond acceptors (Lipinski definition) is 3. The van der Waals surface area contributed by atoms with Crippen molar-refractivity contribution in [1.29, 1.82) is 0 Å². The molecule has 138 valence electrons. The van der Waals surface area contributed by atoms with Crippen molar-refractivity contribution in [3.05, 3.63) is 78.1 Å². The van der Waals surface area contributed by atoms with Gasteiger partial charge < -0.3 is 14.8 Å². The van der Waals surface area contributed by atoms with Crippen molar-refractivity contribution < 1.29 is 14.3 Å². The summed E-state index contributed by atoms with van der Waals surface area (Å²) in [6, 6.07) is 21.3. The van der Waals surface area contributed by atoms with Crippen LogP contribution in [0.4, 0.5) is 5.69 Å². The summed E-state index contributed by atoms with van der Waals surface area (Å²) in [7, 11) is 0. The Morgan fingerprint density at radius 3 is 2.48 bits per heavy atom. The number of rotatable bonds is 5. The Morgan fingerprint density at radius 1 is 1.00 bits per heavy atom. The number of benzene rings is 2. The smallest absolute Gasteiger partial charge is 0.235 e. The third-order valence-corrected chi connectivity index (χ3v) is 5.44. The number of nitrogens with one attached hydrogen (secondary N) is 1. The van der Waals surface area contributed by atoms with Gasteiger partial charge in [0.05, 0.1) is 5.41 Å². The van der Waals surface area contributed by atoms with E-state index in [0.717, 1.165) is 42.5 Å². The molecular weight excluding hydrogens is 338 g/mol. The van der Waals surface area contributed by atoms with Crippen molar-refractivity contribution in [2.75, 3.05) is 5.32 Å². The van der Waals surface area contributed by atoms with Gasteiger partial charge in [0.15, 0.2) is 0 Å². The largest absolute Gasteiger partial charge is 0.459 e. The zero-order valence-electron chi connectivity index (χ0n) is 15.2. The van der Waals surface area contributed by atoms with Gasteiger partial charge in [-0.05, 0) is 42.7 Å². The van der Waals surface area contributed by atoms with Gasteiger partial charge in [0.25, 0.3) is 0 Å². The normalized spacial score (nSPS) is 15.6. The molecule has 1 aliphatic carbocycles. The molecular formula is C23H23NO3. The minimum absolute atomic E-state index is 0.0545. The Morgan fingerprint density at radius 2 is 1.78 bits per heavy atom. The van der Waals surface area contributed by atoms with Gasteiger partial charge in [0, 0.05) is 11.3 Å². The Labute approximate surface area is 158 Å². The van der Waals surface area contributed by atoms with Crippen LogP contribution in [-0.4, -0.2) is 11.0 Å². The number of hydrogen-bond donors (Lipinski definition) is 2. The van der Waals surface area contributed by atoms with Crippen LogP contribution in [-0.2, 0) is 16.8 Å². The Balaban J connectivity index is 1.60. The summed E-state index contributed by atoms with van der Waals surface area (Å²) in [5, 5.41) is 12.3. The average molecular weight is 361 g/mol. The summed E-state index contributed by atoms with van der Waals surface area (Å²) in [4.78, 5) is 13.3. The van der Waals surface area contributed by atoms with Gasteiger partial charge in [-0.25, -0.2) is 0 Å². The van der Waals surface area contributed by atoms with Gasteiger partial charge in [-0.15, -0.1) is 0 Å². The molecule has 3 aromatic rings. The molecule has 27 heavy (non-hydrogen) atoms. The number of furan rings is 1. The van der Waals surface area contributed by atoms with Crippen LogP contribution in [0.2, 0.25) is 0 Å². The fourth-order valence-corrected chi connectivity index (χ4v) is 4.00. The minimum Gasteiger partial charge on any atom is -0.459 e. The fourth-order valence-electron chi connectivity index (χ4n) is 4.00. The highest BCUT2D eigenvalue weighted by Crippen LogP contribution is 2.42. The topological polar surface area (TPSA) is 62.5 Å². The van der Waals surface area contributed by atoms with Crippen molar-refractivity contribution in [2.45, 2.75) is 37.7 Å². The van der Waals surface area contributed by atoms with Crippen molar-refractivity contribution in [3.63, 3.8) is 0 Å². The number of carbonyl (C=O) groups excluding carboxylic acids is 1. The third kappa shape index (κ3) is 3.40. The van der Waals surface area contributed by atoms with Crippen LogP contribution in [0.3, 0.4) is 0 Å². The van der Waals surface area contributed by atoms with Crippen LogP contribution in [0.1, 0.15) is 37.0 Å². The summed E-state index contributed by atoms with van der Waals surface area (Å²) in [6.45, 7) is -0.129. The molecule has 0 aliphatic heterocycles. The first kappa shape index (κ1) is 17.6. The third-order valence-electron chi connectivity index (χ3n) is 5.44. The predicted octanol–water partition coefficient (Wildman–Crippen LogP) is 4.89. The highest BCUT2D eigenvalue weighted by atomic mass is 16.4. The minimum atomic E-state index is -0.452. The molecule has 0 radical (unpaired) electrons. The summed E-state index contributed by atoms with van der Waals surface area (Å²) in [5.74, 6) is 1.25. The second kappa shape index (κ2) is 7.41. The maximum Gasteiger partial charge on any atom is 0.235 e. The van der Waals surface area contributed by atoms with Crippen LogP contribution in [0.25, 0.3) is 11.3 Å². The van der Waals surface area contributed by atoms with Crippen molar-refractivity contribution in [1.82, 2.24) is 0 Å². The van der Waals surface area contributed by atoms with E-state index in [9.17, 15) is 9.90 Å². The van der Waals surface area contributed by atoms with E-state index in [4.69, 9.17) is 4.42 Å². The molecule has 1 saturated carbocycles. The van der Waals surface area contributed by atoms with E-state index in [1.54, 1.807) is 6.07 Å². The molecule has 1 heterocycles. The lowest BCUT2D eigenvalue weighted by Gasteiger charge is -2.28. The molecule has 0 bridgehead atoms. The summed E-state index contributed by atoms with van der Waals surface area (Å²) in [6.07, 6.45) is 3.89. The molecule has 4 heteroatoms. The first-order chi connectivity index (χ1) is 13.2. The molecule has 0 unspecified atom stereocenters. The lowest BCUT2D eigenvalue weighted by atomic mass is 9.78. The maximum absolute atomic E-state index is 13.3. The molecule has 1 amide bonds. The van der Waals surface area contributed by atoms with Crippen molar-refractivity contribution in [2.24, 2.45) is 0 Å². The molecule has 1 fully saturated rings. The maximum atomic E-state index is 13.3. The van der Waals surface area contributed by atoms with Crippen LogP contribution in [0.5, 0.6) is 0 Å². The SMILES string of the molecule is O=C(Nc1cccc(-c2ccc(CO)o2)c1)C1(c2ccccc2)CCCC1. The summed E-state index contributed by atoms with van der Waals surface area (Å²) < 4.78 is 5.61. The second-order valence-electron chi connectivity index (χ2n) is 7.11. The van der Waals surface area contributed by atoms with E-state index in [0.29, 0.717) is 11.5 Å². The van der Waals surface area contributed by atoms with Gasteiger partial charge >= 0.3 is 0 Å². The Hall–Kier alpha value is -2.85. The van der Waals surface area contributed by atoms with E-state index < -0.39 is 5.41 Å². The molecule has 0 saturated heterocycles. The summed E-state index contributed by atoms with van der Waals surface area (Å²) >= 11 is 0. The van der Waals surface area contributed by atoms with Crippen molar-refractivity contribution >= 4 is 11.6 Å². The van der Waals surface area contributed by atoms with Gasteiger partial charge in [-0.3, -0.25) is 4.79 Å². The first-order valence-corrected chi connectivity index (χ1v) is 9.38. The second-order valence-corrected chi connectivity index (χ2v) is 7.11. The number of carbonyl (C=O) groups is 1. The van der Waals surface area contributed by atoms with E-state index >= 15 is 0 Å². The van der Waals surface area contributed by atoms with Crippen LogP contribution in [0, 0.1) is 0 Å². The van der Waals surface area contributed by atoms with Crippen LogP contribution in [0.15, 0.2) is 71.1 Å². The molecule has 4 rings (SSSR count). The van der Waals surface area contributed by atoms with Gasteiger partial charge in [0.2, 0.25) is 5.91 Å². The number of amides is 1. The lowest BCUT2D eigenvalue weighted by molar-refractivity contribution is -0.121. The highest BCUT2D eigenvalue weighted by Gasteiger charge is 2.42. The zero-order chi connectivity index (χ0) is 18.7. The number of anilines is 1. The Kier molecular flexibility index (Phi) is 4.82. The molecule has 2 aromatic carbocycles. The molecule has 1 aromatic heterocycles. The molecule has 4 nitrogen and oxygen atoms in total. The van der Waals surface area contributed by atoms with Crippen LogP contribution < -0.4 is 5.32 Å². The van der Waals surface area contributed by atoms with E-state index in [2.05, 4.69) is 17.4 Å². The van der Waals surface area contributed by atoms with Gasteiger partial charge in [0.1, 0.15) is 18.1 Å². The van der Waals surface area contributed by atoms with E-state index in [1.165, 1.54) is 0 Å². The standard InChI is InChI=1S/C23H23NO3/c25-16-20-11-12-21(27-20)17-7-6-10-19(15-17)24-22(26)23(13-4-5-14-23)18-8-2-1-3-9-18/h1-3,6-12,15,25H,4-5,13-14,16H2,(H,24,26). The first-order valence-electron chi connectivity index (χ1n) is 9.38. The number of aliphatic hydroxyl groups is 1. The van der Waals surface area contributed by atoms with E-state index in [-0.39, 0.29) is 12.5 Å². The van der Waals surface area contributed by atoms with Gasteiger partial charge in [-0.2, -0.15) is 0 Å². The fraction of sp³-hybridized carbons (Fsp3) is 0.261. The summed E-state index contributed by atoms with van der Waals surface area (Å²) in [5.41, 5.74) is 2.26. The quantitative estimate of drug-likeness (QED) is 0.680. The molecule has 2 N–H and O–H groups in total. The van der Waals surface area contributed by atoms with Gasteiger partial charge in [-0.1, -0.05) is 55.3 Å². The lowest BCUT2D eigenvalue weighted by Crippen LogP contribution is -2.37. The monoisotopic (exact) mass is 361 g/mol. The zero-order valence-corrected chi connectivity index (χ0v) is 15.2. The predicted molar refractivity (Wildman–Crippen MR) is 105 cm³/mol. The molecule has 1 aliphatic rings.